The first kappa shape index (κ1) is 19.8. The molecule has 2 atom stereocenters. The molecule has 1 fully saturated rings. The number of rotatable bonds is 8. The van der Waals surface area contributed by atoms with Gasteiger partial charge in [-0.05, 0) is 17.7 Å². The standard InChI is InChI=1S/C22H29FN2O2/c1-18(19-7-3-2-4-8-19)16-27-17-20(26)15-24-11-13-25(14-12-24)22-10-6-5-9-21(22)23/h2-10,18,20,26H,11-17H2,1H3. The normalized spacial score (nSPS) is 17.7. The summed E-state index contributed by atoms with van der Waals surface area (Å²) in [6.45, 7) is 6.80. The number of hydrogen-bond acceptors (Lipinski definition) is 4. The van der Waals surface area contributed by atoms with Crippen LogP contribution in [-0.4, -0.2) is 62.0 Å². The summed E-state index contributed by atoms with van der Waals surface area (Å²) in [5.41, 5.74) is 1.91. The highest BCUT2D eigenvalue weighted by Gasteiger charge is 2.21. The number of benzene rings is 2. The molecule has 0 saturated carbocycles. The summed E-state index contributed by atoms with van der Waals surface area (Å²) in [5.74, 6) is 0.134. The van der Waals surface area contributed by atoms with E-state index in [2.05, 4.69) is 28.9 Å². The number of aliphatic hydroxyl groups is 1. The fraction of sp³-hybridized carbons (Fsp3) is 0.455. The van der Waals surface area contributed by atoms with E-state index in [4.69, 9.17) is 4.74 Å². The van der Waals surface area contributed by atoms with Crippen LogP contribution in [0.4, 0.5) is 10.1 Å². The van der Waals surface area contributed by atoms with Gasteiger partial charge in [0.2, 0.25) is 0 Å². The molecule has 0 aliphatic carbocycles. The van der Waals surface area contributed by atoms with Gasteiger partial charge in [-0.3, -0.25) is 4.90 Å². The van der Waals surface area contributed by atoms with Crippen molar-refractivity contribution in [3.05, 3.63) is 66.0 Å². The SMILES string of the molecule is CC(COCC(O)CN1CCN(c2ccccc2F)CC1)c1ccccc1. The number of halogens is 1. The maximum absolute atomic E-state index is 13.9. The van der Waals surface area contributed by atoms with Crippen molar-refractivity contribution in [3.8, 4) is 0 Å². The summed E-state index contributed by atoms with van der Waals surface area (Å²) in [5, 5.41) is 10.3. The van der Waals surface area contributed by atoms with Crippen molar-refractivity contribution in [2.75, 3.05) is 50.8 Å². The minimum atomic E-state index is -0.506. The number of β-amino-alcohol motifs (C(OH)–C–C–N with tert-alkyl or cyclic N) is 1. The van der Waals surface area contributed by atoms with Crippen LogP contribution in [0, 0.1) is 5.82 Å². The Morgan fingerprint density at radius 3 is 2.33 bits per heavy atom. The molecule has 1 aliphatic rings. The van der Waals surface area contributed by atoms with Crippen molar-refractivity contribution in [1.29, 1.82) is 0 Å². The molecule has 1 heterocycles. The number of aliphatic hydroxyl groups excluding tert-OH is 1. The Morgan fingerprint density at radius 1 is 0.963 bits per heavy atom. The summed E-state index contributed by atoms with van der Waals surface area (Å²) >= 11 is 0. The number of anilines is 1. The van der Waals surface area contributed by atoms with Gasteiger partial charge in [0.25, 0.3) is 0 Å². The topological polar surface area (TPSA) is 35.9 Å². The first-order valence-corrected chi connectivity index (χ1v) is 9.66. The molecule has 5 heteroatoms. The third kappa shape index (κ3) is 5.76. The lowest BCUT2D eigenvalue weighted by atomic mass is 10.0. The summed E-state index contributed by atoms with van der Waals surface area (Å²) in [6.07, 6.45) is -0.506. The molecule has 0 spiro atoms. The zero-order chi connectivity index (χ0) is 19.1. The number of para-hydroxylation sites is 1. The maximum Gasteiger partial charge on any atom is 0.146 e. The zero-order valence-corrected chi connectivity index (χ0v) is 15.9. The monoisotopic (exact) mass is 372 g/mol. The van der Waals surface area contributed by atoms with Gasteiger partial charge in [-0.25, -0.2) is 4.39 Å². The Bertz CT molecular complexity index is 690. The molecule has 1 aliphatic heterocycles. The molecule has 0 aromatic heterocycles. The Kier molecular flexibility index (Phi) is 7.21. The molecule has 27 heavy (non-hydrogen) atoms. The summed E-state index contributed by atoms with van der Waals surface area (Å²) in [6, 6.07) is 17.2. The molecule has 3 rings (SSSR count). The summed E-state index contributed by atoms with van der Waals surface area (Å²) in [4.78, 5) is 4.28. The van der Waals surface area contributed by atoms with E-state index in [1.807, 2.05) is 30.3 Å². The van der Waals surface area contributed by atoms with Crippen LogP contribution in [-0.2, 0) is 4.74 Å². The smallest absolute Gasteiger partial charge is 0.146 e. The highest BCUT2D eigenvalue weighted by atomic mass is 19.1. The van der Waals surface area contributed by atoms with Gasteiger partial charge >= 0.3 is 0 Å². The van der Waals surface area contributed by atoms with Crippen molar-refractivity contribution in [2.24, 2.45) is 0 Å². The third-order valence-electron chi connectivity index (χ3n) is 5.08. The van der Waals surface area contributed by atoms with Crippen molar-refractivity contribution >= 4 is 5.69 Å². The van der Waals surface area contributed by atoms with E-state index >= 15 is 0 Å². The van der Waals surface area contributed by atoms with Crippen molar-refractivity contribution in [3.63, 3.8) is 0 Å². The lowest BCUT2D eigenvalue weighted by molar-refractivity contribution is 0.0123. The van der Waals surface area contributed by atoms with E-state index in [0.717, 1.165) is 26.2 Å². The Hall–Kier alpha value is -1.95. The van der Waals surface area contributed by atoms with Gasteiger partial charge in [0.05, 0.1) is 25.0 Å². The van der Waals surface area contributed by atoms with Crippen LogP contribution in [0.15, 0.2) is 54.6 Å². The fourth-order valence-electron chi connectivity index (χ4n) is 3.49. The molecule has 146 valence electrons. The summed E-state index contributed by atoms with van der Waals surface area (Å²) in [7, 11) is 0. The van der Waals surface area contributed by atoms with Gasteiger partial charge in [0, 0.05) is 38.6 Å². The molecule has 4 nitrogen and oxygen atoms in total. The predicted octanol–water partition coefficient (Wildman–Crippen LogP) is 3.13. The largest absolute Gasteiger partial charge is 0.389 e. The molecular formula is C22H29FN2O2. The van der Waals surface area contributed by atoms with Crippen LogP contribution in [0.5, 0.6) is 0 Å². The average Bonchev–Trinajstić information content (AvgIpc) is 2.70. The number of ether oxygens (including phenoxy) is 1. The Morgan fingerprint density at radius 2 is 1.63 bits per heavy atom. The molecule has 1 saturated heterocycles. The van der Waals surface area contributed by atoms with Gasteiger partial charge in [0.1, 0.15) is 5.82 Å². The first-order valence-electron chi connectivity index (χ1n) is 9.66. The molecule has 2 aromatic carbocycles. The minimum absolute atomic E-state index is 0.174. The molecule has 0 bridgehead atoms. The van der Waals surface area contributed by atoms with Crippen LogP contribution < -0.4 is 4.90 Å². The molecule has 1 N–H and O–H groups in total. The van der Waals surface area contributed by atoms with Gasteiger partial charge < -0.3 is 14.7 Å². The van der Waals surface area contributed by atoms with Crippen LogP contribution in [0.1, 0.15) is 18.4 Å². The highest BCUT2D eigenvalue weighted by Crippen LogP contribution is 2.20. The predicted molar refractivity (Wildman–Crippen MR) is 107 cm³/mol. The van der Waals surface area contributed by atoms with E-state index in [0.29, 0.717) is 31.4 Å². The lowest BCUT2D eigenvalue weighted by Gasteiger charge is -2.37. The van der Waals surface area contributed by atoms with Gasteiger partial charge in [-0.2, -0.15) is 0 Å². The number of nitrogens with zero attached hydrogens (tertiary/aromatic N) is 2. The number of hydrogen-bond donors (Lipinski definition) is 1. The van der Waals surface area contributed by atoms with Crippen molar-refractivity contribution < 1.29 is 14.2 Å². The van der Waals surface area contributed by atoms with Crippen molar-refractivity contribution in [1.82, 2.24) is 4.90 Å². The highest BCUT2D eigenvalue weighted by molar-refractivity contribution is 5.47. The van der Waals surface area contributed by atoms with Crippen LogP contribution >= 0.6 is 0 Å². The minimum Gasteiger partial charge on any atom is -0.389 e. The third-order valence-corrected chi connectivity index (χ3v) is 5.08. The van der Waals surface area contributed by atoms with E-state index in [-0.39, 0.29) is 5.82 Å². The number of piperazine rings is 1. The van der Waals surface area contributed by atoms with Gasteiger partial charge in [-0.1, -0.05) is 49.4 Å². The maximum atomic E-state index is 13.9. The second kappa shape index (κ2) is 9.83. The van der Waals surface area contributed by atoms with E-state index in [9.17, 15) is 9.50 Å². The lowest BCUT2D eigenvalue weighted by Crippen LogP contribution is -2.49. The quantitative estimate of drug-likeness (QED) is 0.772. The fourth-order valence-corrected chi connectivity index (χ4v) is 3.49. The van der Waals surface area contributed by atoms with Crippen LogP contribution in [0.25, 0.3) is 0 Å². The Labute approximate surface area is 161 Å². The second-order valence-electron chi connectivity index (χ2n) is 7.24. The van der Waals surface area contributed by atoms with E-state index in [1.54, 1.807) is 6.07 Å². The molecular weight excluding hydrogens is 343 g/mol. The Balaban J connectivity index is 1.36. The first-order chi connectivity index (χ1) is 13.1. The molecule has 2 aromatic rings. The average molecular weight is 372 g/mol. The van der Waals surface area contributed by atoms with E-state index in [1.165, 1.54) is 11.6 Å². The zero-order valence-electron chi connectivity index (χ0n) is 15.9. The van der Waals surface area contributed by atoms with Gasteiger partial charge in [0.15, 0.2) is 0 Å². The van der Waals surface area contributed by atoms with Crippen LogP contribution in [0.2, 0.25) is 0 Å². The van der Waals surface area contributed by atoms with Gasteiger partial charge in [-0.15, -0.1) is 0 Å². The van der Waals surface area contributed by atoms with Crippen LogP contribution in [0.3, 0.4) is 0 Å². The molecule has 2 unspecified atom stereocenters. The second-order valence-corrected chi connectivity index (χ2v) is 7.24. The molecule has 0 radical (unpaired) electrons. The van der Waals surface area contributed by atoms with E-state index < -0.39 is 6.10 Å². The molecule has 0 amide bonds. The summed E-state index contributed by atoms with van der Waals surface area (Å²) < 4.78 is 19.6. The van der Waals surface area contributed by atoms with Crippen molar-refractivity contribution in [2.45, 2.75) is 18.9 Å².